The second-order valence-corrected chi connectivity index (χ2v) is 20.3. The quantitative estimate of drug-likeness (QED) is 0.155. The molecule has 8 aromatic rings. The maximum atomic E-state index is 14.5. The third-order valence-electron chi connectivity index (χ3n) is 14.7. The van der Waals surface area contributed by atoms with Crippen LogP contribution in [-0.4, -0.2) is 56.0 Å². The van der Waals surface area contributed by atoms with Gasteiger partial charge in [-0.05, 0) is 92.0 Å². The first-order chi connectivity index (χ1) is 32.1. The van der Waals surface area contributed by atoms with Crippen molar-refractivity contribution in [1.82, 2.24) is 44.5 Å². The molecule has 6 aromatic heterocycles. The normalized spacial score (nSPS) is 24.4. The van der Waals surface area contributed by atoms with Crippen LogP contribution in [0, 0.1) is 46.3 Å². The molecule has 2 aromatic carbocycles. The maximum absolute atomic E-state index is 14.5. The number of aromatic nitrogens is 9. The SMILES string of the molecule is C[C@H]1C(=O)C(C#N)=C[C@@]2(C)c3c(c(-c4cccnc4)nn3-c3nc4cc(C[C@H]5C(=O)C(C#N)=C[C@@]6(C)c7c(c(-c8ccncn8)nn7-c7nc8ccccc8s7)CC[C@H]56)ccc4s3)CC[C@H]12. The van der Waals surface area contributed by atoms with Gasteiger partial charge in [0, 0.05) is 57.9 Å². The fourth-order valence-electron chi connectivity index (χ4n) is 11.8. The molecule has 0 N–H and O–H groups in total. The van der Waals surface area contributed by atoms with E-state index in [1.807, 2.05) is 71.0 Å². The van der Waals surface area contributed by atoms with E-state index in [9.17, 15) is 20.1 Å². The lowest BCUT2D eigenvalue weighted by molar-refractivity contribution is -0.122. The average Bonchev–Trinajstić information content (AvgIpc) is 4.15. The van der Waals surface area contributed by atoms with Gasteiger partial charge >= 0.3 is 0 Å². The van der Waals surface area contributed by atoms with Crippen molar-refractivity contribution in [3.8, 4) is 45.0 Å². The summed E-state index contributed by atoms with van der Waals surface area (Å²) in [7, 11) is 0. The summed E-state index contributed by atoms with van der Waals surface area (Å²) in [4.78, 5) is 51.2. The number of Topliss-reactive ketones (excluding diaryl/α,β-unsaturated/α-hetero) is 2. The first-order valence-electron chi connectivity index (χ1n) is 22.1. The van der Waals surface area contributed by atoms with E-state index in [1.54, 1.807) is 23.7 Å². The van der Waals surface area contributed by atoms with Crippen molar-refractivity contribution in [2.45, 2.75) is 63.7 Å². The van der Waals surface area contributed by atoms with Crippen molar-refractivity contribution in [1.29, 1.82) is 10.5 Å². The summed E-state index contributed by atoms with van der Waals surface area (Å²) in [5.74, 6) is -1.24. The number of thiazole rings is 2. The molecule has 4 aliphatic rings. The fourth-order valence-corrected chi connectivity index (χ4v) is 13.6. The van der Waals surface area contributed by atoms with E-state index in [0.29, 0.717) is 35.2 Å². The van der Waals surface area contributed by atoms with Crippen molar-refractivity contribution in [2.24, 2.45) is 23.7 Å². The van der Waals surface area contributed by atoms with Gasteiger partial charge in [0.25, 0.3) is 0 Å². The van der Waals surface area contributed by atoms with Crippen LogP contribution >= 0.6 is 22.7 Å². The van der Waals surface area contributed by atoms with Crippen molar-refractivity contribution in [2.75, 3.05) is 0 Å². The number of pyridine rings is 1. The Morgan fingerprint density at radius 2 is 1.41 bits per heavy atom. The van der Waals surface area contributed by atoms with E-state index in [4.69, 9.17) is 20.2 Å². The molecular weight excluding hydrogens is 863 g/mol. The first kappa shape index (κ1) is 40.2. The van der Waals surface area contributed by atoms with Gasteiger partial charge < -0.3 is 0 Å². The van der Waals surface area contributed by atoms with Gasteiger partial charge in [-0.25, -0.2) is 29.3 Å². The van der Waals surface area contributed by atoms with Crippen LogP contribution in [0.15, 0.2) is 109 Å². The maximum Gasteiger partial charge on any atom is 0.211 e. The van der Waals surface area contributed by atoms with Crippen molar-refractivity contribution >= 4 is 54.7 Å². The molecular formula is C51H39N11O2S2. The minimum atomic E-state index is -0.745. The van der Waals surface area contributed by atoms with Gasteiger partial charge in [0.1, 0.15) is 24.2 Å². The Morgan fingerprint density at radius 3 is 2.11 bits per heavy atom. The Labute approximate surface area is 386 Å². The molecule has 0 radical (unpaired) electrons. The highest BCUT2D eigenvalue weighted by atomic mass is 32.1. The Hall–Kier alpha value is -7.33. The van der Waals surface area contributed by atoms with Crippen molar-refractivity contribution in [3.63, 3.8) is 0 Å². The molecule has 6 atom stereocenters. The third-order valence-corrected chi connectivity index (χ3v) is 16.8. The largest absolute Gasteiger partial charge is 0.293 e. The van der Waals surface area contributed by atoms with Gasteiger partial charge in [-0.3, -0.25) is 14.6 Å². The number of benzene rings is 2. The summed E-state index contributed by atoms with van der Waals surface area (Å²) < 4.78 is 5.86. The van der Waals surface area contributed by atoms with Crippen LogP contribution in [0.2, 0.25) is 0 Å². The summed E-state index contributed by atoms with van der Waals surface area (Å²) in [6.07, 6.45) is 13.8. The molecule has 0 bridgehead atoms. The van der Waals surface area contributed by atoms with E-state index in [0.717, 1.165) is 78.3 Å². The molecule has 0 spiro atoms. The molecule has 4 aliphatic carbocycles. The van der Waals surface area contributed by atoms with Gasteiger partial charge in [-0.1, -0.05) is 73.8 Å². The van der Waals surface area contributed by atoms with Crippen LogP contribution in [0.5, 0.6) is 0 Å². The predicted molar refractivity (Wildman–Crippen MR) is 250 cm³/mol. The molecule has 0 aliphatic heterocycles. The first-order valence-corrected chi connectivity index (χ1v) is 23.7. The number of para-hydroxylation sites is 1. The molecule has 6 heterocycles. The van der Waals surface area contributed by atoms with E-state index in [1.165, 1.54) is 17.7 Å². The van der Waals surface area contributed by atoms with Gasteiger partial charge in [-0.15, -0.1) is 0 Å². The van der Waals surface area contributed by atoms with E-state index in [-0.39, 0.29) is 40.5 Å². The number of carbonyl (C=O) groups is 2. The molecule has 12 rings (SSSR count). The van der Waals surface area contributed by atoms with Gasteiger partial charge in [0.2, 0.25) is 10.3 Å². The predicted octanol–water partition coefficient (Wildman–Crippen LogP) is 9.00. The summed E-state index contributed by atoms with van der Waals surface area (Å²) in [6, 6.07) is 24.5. The Morgan fingerprint density at radius 1 is 0.742 bits per heavy atom. The summed E-state index contributed by atoms with van der Waals surface area (Å²) in [6.45, 7) is 6.21. The van der Waals surface area contributed by atoms with Crippen LogP contribution < -0.4 is 0 Å². The Bertz CT molecular complexity index is 3480. The highest BCUT2D eigenvalue weighted by Crippen LogP contribution is 2.54. The molecule has 322 valence electrons. The van der Waals surface area contributed by atoms with E-state index in [2.05, 4.69) is 65.2 Å². The lowest BCUT2D eigenvalue weighted by atomic mass is 9.56. The second-order valence-electron chi connectivity index (χ2n) is 18.3. The monoisotopic (exact) mass is 901 g/mol. The minimum Gasteiger partial charge on any atom is -0.293 e. The van der Waals surface area contributed by atoms with Crippen LogP contribution in [-0.2, 0) is 39.7 Å². The zero-order valence-corrected chi connectivity index (χ0v) is 37.8. The average molecular weight is 902 g/mol. The molecule has 0 saturated heterocycles. The lowest BCUT2D eigenvalue weighted by Gasteiger charge is -2.46. The molecule has 0 fully saturated rings. The molecule has 66 heavy (non-hydrogen) atoms. The summed E-state index contributed by atoms with van der Waals surface area (Å²) >= 11 is 3.08. The number of allylic oxidation sites excluding steroid dienone is 4. The highest BCUT2D eigenvalue weighted by Gasteiger charge is 2.53. The van der Waals surface area contributed by atoms with Crippen LogP contribution in [0.1, 0.15) is 61.7 Å². The van der Waals surface area contributed by atoms with Crippen molar-refractivity contribution in [3.05, 3.63) is 137 Å². The highest BCUT2D eigenvalue weighted by molar-refractivity contribution is 7.21. The topological polar surface area (TPSA) is 182 Å². The van der Waals surface area contributed by atoms with Gasteiger partial charge in [0.05, 0.1) is 54.4 Å². The number of carbonyl (C=O) groups excluding carboxylic acids is 2. The van der Waals surface area contributed by atoms with Gasteiger partial charge in [-0.2, -0.15) is 20.7 Å². The number of hydrogen-bond donors (Lipinski definition) is 0. The van der Waals surface area contributed by atoms with Gasteiger partial charge in [0.15, 0.2) is 11.6 Å². The van der Waals surface area contributed by atoms with E-state index < -0.39 is 16.7 Å². The number of hydrogen-bond acceptors (Lipinski definition) is 13. The molecule has 15 heteroatoms. The number of nitriles is 2. The Kier molecular flexibility index (Phi) is 9.05. The van der Waals surface area contributed by atoms with Crippen LogP contribution in [0.3, 0.4) is 0 Å². The summed E-state index contributed by atoms with van der Waals surface area (Å²) in [5.41, 5.74) is 8.66. The molecule has 0 amide bonds. The third kappa shape index (κ3) is 5.89. The minimum absolute atomic E-state index is 0.0200. The van der Waals surface area contributed by atoms with Crippen LogP contribution in [0.4, 0.5) is 0 Å². The second kappa shape index (κ2) is 14.9. The lowest BCUT2D eigenvalue weighted by Crippen LogP contribution is -2.48. The molecule has 0 unspecified atom stereocenters. The van der Waals surface area contributed by atoms with Crippen LogP contribution in [0.25, 0.3) is 53.3 Å². The van der Waals surface area contributed by atoms with Crippen molar-refractivity contribution < 1.29 is 9.59 Å². The molecule has 0 saturated carbocycles. The molecule has 13 nitrogen and oxygen atoms in total. The number of fused-ring (bicyclic) bond motifs is 8. The fraction of sp³-hybridized carbons (Fsp3) is 0.275. The number of nitrogens with zero attached hydrogens (tertiary/aromatic N) is 11. The smallest absolute Gasteiger partial charge is 0.211 e. The Balaban J connectivity index is 0.950. The zero-order valence-electron chi connectivity index (χ0n) is 36.1. The zero-order chi connectivity index (χ0) is 45.1. The summed E-state index contributed by atoms with van der Waals surface area (Å²) in [5, 5.41) is 32.5. The number of rotatable bonds is 6. The van der Waals surface area contributed by atoms with E-state index >= 15 is 0 Å². The standard InChI is InChI=1S/C51H39N11O2S2/c1-27-35-13-11-32-42(29-7-6-17-54-25-29)59-61(46(32)50(35,2)21-30(23-52)44(27)63)49-58-39-20-28(10-15-41(39)66-49)19-34-36-14-12-33-43(38-16-18-55-26-56-38)60-62(48-57-37-8-4-5-9-40(37)65-48)47(33)51(36,3)22-31(24-53)45(34)64/h4-10,15-18,20-22,25-27,34-36H,11-14,19H2,1-3H3/t27-,34-,35-,36-,50-,51-/m1/s1. The number of ketones is 2.